The second-order valence-electron chi connectivity index (χ2n) is 7.58. The van der Waals surface area contributed by atoms with Gasteiger partial charge in [-0.2, -0.15) is 0 Å². The molecule has 3 rings (SSSR count). The first kappa shape index (κ1) is 23.9. The summed E-state index contributed by atoms with van der Waals surface area (Å²) in [5.41, 5.74) is 3.20. The Morgan fingerprint density at radius 1 is 0.848 bits per heavy atom. The number of aryl methyl sites for hydroxylation is 1. The molecular weight excluding hydrogens is 416 g/mol. The summed E-state index contributed by atoms with van der Waals surface area (Å²) >= 11 is 0. The highest BCUT2D eigenvalue weighted by atomic mass is 16.5. The molecule has 3 aromatic rings. The molecular formula is C27H30N2O4. The topological polar surface area (TPSA) is 76.7 Å². The van der Waals surface area contributed by atoms with Crippen molar-refractivity contribution in [3.05, 3.63) is 90.0 Å². The minimum atomic E-state index is -0.344. The number of esters is 1. The van der Waals surface area contributed by atoms with Gasteiger partial charge in [0.2, 0.25) is 5.91 Å². The molecule has 0 aliphatic rings. The minimum Gasteiger partial charge on any atom is -0.494 e. The Labute approximate surface area is 194 Å². The zero-order valence-electron chi connectivity index (χ0n) is 18.9. The molecule has 0 radical (unpaired) electrons. The van der Waals surface area contributed by atoms with Gasteiger partial charge in [0.25, 0.3) is 0 Å². The summed E-state index contributed by atoms with van der Waals surface area (Å²) in [6.45, 7) is 3.05. The highest BCUT2D eigenvalue weighted by Gasteiger charge is 2.07. The Kier molecular flexibility index (Phi) is 9.33. The molecule has 2 N–H and O–H groups in total. The fraction of sp³-hybridized carbons (Fsp3) is 0.259. The van der Waals surface area contributed by atoms with Crippen molar-refractivity contribution >= 4 is 23.3 Å². The van der Waals surface area contributed by atoms with Gasteiger partial charge in [-0.3, -0.25) is 4.79 Å². The molecule has 0 fully saturated rings. The SMILES string of the molecule is CCCOC(=O)c1ccc(NCC(=O)Nc2cccc(OCCCc3ccccc3)c2)cc1. The van der Waals surface area contributed by atoms with Crippen LogP contribution in [0.4, 0.5) is 11.4 Å². The van der Waals surface area contributed by atoms with E-state index < -0.39 is 0 Å². The molecule has 0 spiro atoms. The van der Waals surface area contributed by atoms with Crippen molar-refractivity contribution in [2.75, 3.05) is 30.4 Å². The van der Waals surface area contributed by atoms with Crippen LogP contribution in [0.25, 0.3) is 0 Å². The van der Waals surface area contributed by atoms with Crippen LogP contribution in [0.3, 0.4) is 0 Å². The third-order valence-electron chi connectivity index (χ3n) is 4.85. The summed E-state index contributed by atoms with van der Waals surface area (Å²) in [6.07, 6.45) is 2.66. The predicted molar refractivity (Wildman–Crippen MR) is 131 cm³/mol. The molecule has 0 saturated carbocycles. The lowest BCUT2D eigenvalue weighted by atomic mass is 10.1. The quantitative estimate of drug-likeness (QED) is 0.291. The second-order valence-corrected chi connectivity index (χ2v) is 7.58. The lowest BCUT2D eigenvalue weighted by molar-refractivity contribution is -0.114. The van der Waals surface area contributed by atoms with Crippen molar-refractivity contribution in [2.24, 2.45) is 0 Å². The number of carbonyl (C=O) groups is 2. The van der Waals surface area contributed by atoms with Crippen LogP contribution in [0.1, 0.15) is 35.7 Å². The average molecular weight is 447 g/mol. The van der Waals surface area contributed by atoms with Gasteiger partial charge in [0, 0.05) is 17.4 Å². The van der Waals surface area contributed by atoms with Gasteiger partial charge in [-0.1, -0.05) is 43.3 Å². The minimum absolute atomic E-state index is 0.0990. The summed E-state index contributed by atoms with van der Waals surface area (Å²) in [5.74, 6) is 0.199. The molecule has 1 amide bonds. The number of carbonyl (C=O) groups excluding carboxylic acids is 2. The van der Waals surface area contributed by atoms with E-state index in [0.717, 1.165) is 30.7 Å². The maximum absolute atomic E-state index is 12.3. The summed E-state index contributed by atoms with van der Waals surface area (Å²) in [5, 5.41) is 5.92. The predicted octanol–water partition coefficient (Wildman–Crippen LogP) is 5.32. The first-order chi connectivity index (χ1) is 16.1. The standard InChI is InChI=1S/C27H30N2O4/c1-2-17-33-27(31)22-13-15-23(16-14-22)28-20-26(30)29-24-11-6-12-25(19-24)32-18-7-10-21-8-4-3-5-9-21/h3-6,8-9,11-16,19,28H,2,7,10,17-18,20H2,1H3,(H,29,30). The third-order valence-corrected chi connectivity index (χ3v) is 4.85. The first-order valence-corrected chi connectivity index (χ1v) is 11.2. The lowest BCUT2D eigenvalue weighted by Gasteiger charge is -2.11. The molecule has 0 bridgehead atoms. The monoisotopic (exact) mass is 446 g/mol. The number of benzene rings is 3. The zero-order valence-corrected chi connectivity index (χ0v) is 18.9. The summed E-state index contributed by atoms with van der Waals surface area (Å²) < 4.78 is 10.9. The van der Waals surface area contributed by atoms with Gasteiger partial charge < -0.3 is 20.1 Å². The van der Waals surface area contributed by atoms with Crippen molar-refractivity contribution in [1.82, 2.24) is 0 Å². The van der Waals surface area contributed by atoms with Crippen LogP contribution in [0, 0.1) is 0 Å². The summed E-state index contributed by atoms with van der Waals surface area (Å²) in [6, 6.07) is 24.5. The molecule has 0 aliphatic carbocycles. The zero-order chi connectivity index (χ0) is 23.3. The van der Waals surface area contributed by atoms with Crippen LogP contribution in [0.5, 0.6) is 5.75 Å². The van der Waals surface area contributed by atoms with Gasteiger partial charge in [-0.25, -0.2) is 4.79 Å². The van der Waals surface area contributed by atoms with Gasteiger partial charge >= 0.3 is 5.97 Å². The first-order valence-electron chi connectivity index (χ1n) is 11.2. The van der Waals surface area contributed by atoms with Crippen LogP contribution < -0.4 is 15.4 Å². The maximum atomic E-state index is 12.3. The van der Waals surface area contributed by atoms with Crippen molar-refractivity contribution in [3.63, 3.8) is 0 Å². The Hall–Kier alpha value is -3.80. The molecule has 0 saturated heterocycles. The maximum Gasteiger partial charge on any atom is 0.338 e. The van der Waals surface area contributed by atoms with E-state index in [1.54, 1.807) is 24.3 Å². The molecule has 33 heavy (non-hydrogen) atoms. The number of amides is 1. The number of rotatable bonds is 12. The van der Waals surface area contributed by atoms with E-state index in [4.69, 9.17) is 9.47 Å². The molecule has 0 heterocycles. The number of anilines is 2. The van der Waals surface area contributed by atoms with Gasteiger partial charge in [0.05, 0.1) is 25.3 Å². The van der Waals surface area contributed by atoms with Gasteiger partial charge in [0.1, 0.15) is 5.75 Å². The number of ether oxygens (including phenoxy) is 2. The molecule has 172 valence electrons. The Balaban J connectivity index is 1.40. The Morgan fingerprint density at radius 3 is 2.39 bits per heavy atom. The van der Waals surface area contributed by atoms with Gasteiger partial charge in [-0.15, -0.1) is 0 Å². The Morgan fingerprint density at radius 2 is 1.64 bits per heavy atom. The number of hydrogen-bond donors (Lipinski definition) is 2. The number of nitrogens with one attached hydrogen (secondary N) is 2. The van der Waals surface area contributed by atoms with Gasteiger partial charge in [-0.05, 0) is 61.2 Å². The lowest BCUT2D eigenvalue weighted by Crippen LogP contribution is -2.21. The van der Waals surface area contributed by atoms with Crippen LogP contribution in [0.2, 0.25) is 0 Å². The van der Waals surface area contributed by atoms with Crippen LogP contribution in [0.15, 0.2) is 78.9 Å². The van der Waals surface area contributed by atoms with Crippen LogP contribution >= 0.6 is 0 Å². The normalized spacial score (nSPS) is 10.3. The van der Waals surface area contributed by atoms with Crippen molar-refractivity contribution in [1.29, 1.82) is 0 Å². The molecule has 6 nitrogen and oxygen atoms in total. The van der Waals surface area contributed by atoms with Gasteiger partial charge in [0.15, 0.2) is 0 Å². The van der Waals surface area contributed by atoms with Crippen molar-refractivity contribution < 1.29 is 19.1 Å². The average Bonchev–Trinajstić information content (AvgIpc) is 2.85. The molecule has 0 atom stereocenters. The smallest absolute Gasteiger partial charge is 0.338 e. The molecule has 0 aromatic heterocycles. The summed E-state index contributed by atoms with van der Waals surface area (Å²) in [7, 11) is 0. The molecule has 0 unspecified atom stereocenters. The van der Waals surface area contributed by atoms with E-state index in [1.165, 1.54) is 5.56 Å². The summed E-state index contributed by atoms with van der Waals surface area (Å²) in [4.78, 5) is 24.2. The van der Waals surface area contributed by atoms with Crippen LogP contribution in [-0.2, 0) is 16.0 Å². The molecule has 0 aliphatic heterocycles. The largest absolute Gasteiger partial charge is 0.494 e. The van der Waals surface area contributed by atoms with E-state index in [9.17, 15) is 9.59 Å². The Bertz CT molecular complexity index is 1020. The number of hydrogen-bond acceptors (Lipinski definition) is 5. The fourth-order valence-electron chi connectivity index (χ4n) is 3.16. The van der Waals surface area contributed by atoms with E-state index >= 15 is 0 Å². The van der Waals surface area contributed by atoms with Crippen molar-refractivity contribution in [2.45, 2.75) is 26.2 Å². The van der Waals surface area contributed by atoms with E-state index in [2.05, 4.69) is 22.8 Å². The fourth-order valence-corrected chi connectivity index (χ4v) is 3.16. The van der Waals surface area contributed by atoms with E-state index in [0.29, 0.717) is 24.5 Å². The second kappa shape index (κ2) is 12.9. The van der Waals surface area contributed by atoms with Crippen LogP contribution in [-0.4, -0.2) is 31.6 Å². The molecule has 3 aromatic carbocycles. The highest BCUT2D eigenvalue weighted by molar-refractivity contribution is 5.94. The highest BCUT2D eigenvalue weighted by Crippen LogP contribution is 2.18. The van der Waals surface area contributed by atoms with E-state index in [-0.39, 0.29) is 18.4 Å². The third kappa shape index (κ3) is 8.33. The molecule has 6 heteroatoms. The van der Waals surface area contributed by atoms with E-state index in [1.807, 2.05) is 49.4 Å². The van der Waals surface area contributed by atoms with Crippen molar-refractivity contribution in [3.8, 4) is 5.75 Å².